The van der Waals surface area contributed by atoms with Crippen molar-refractivity contribution in [2.45, 2.75) is 32.2 Å². The van der Waals surface area contributed by atoms with Crippen LogP contribution in [0.2, 0.25) is 0 Å². The Balaban J connectivity index is 1.29. The van der Waals surface area contributed by atoms with Crippen molar-refractivity contribution in [2.24, 2.45) is 5.92 Å². The molecule has 0 bridgehead atoms. The van der Waals surface area contributed by atoms with E-state index >= 15 is 0 Å². The Kier molecular flexibility index (Phi) is 5.76. The van der Waals surface area contributed by atoms with E-state index in [4.69, 9.17) is 4.74 Å². The number of benzene rings is 2. The van der Waals surface area contributed by atoms with Gasteiger partial charge in [0.2, 0.25) is 0 Å². The number of carbonyl (C=O) groups excluding carboxylic acids is 1. The number of likely N-dealkylation sites (tertiary alicyclic amines) is 1. The molecule has 0 aromatic heterocycles. The Labute approximate surface area is 173 Å². The lowest BCUT2D eigenvalue weighted by Crippen LogP contribution is -2.34. The molecule has 4 rings (SSSR count). The summed E-state index contributed by atoms with van der Waals surface area (Å²) in [5.74, 6) is 1.83. The van der Waals surface area contributed by atoms with Crippen molar-refractivity contribution in [3.05, 3.63) is 54.1 Å². The van der Waals surface area contributed by atoms with E-state index in [1.165, 1.54) is 24.2 Å². The monoisotopic (exact) mass is 393 g/mol. The number of fused-ring (bicyclic) bond motifs is 1. The summed E-state index contributed by atoms with van der Waals surface area (Å²) in [4.78, 5) is 17.2. The van der Waals surface area contributed by atoms with E-state index in [0.29, 0.717) is 17.7 Å². The number of amides is 1. The van der Waals surface area contributed by atoms with Crippen molar-refractivity contribution in [1.82, 2.24) is 4.90 Å². The van der Waals surface area contributed by atoms with Gasteiger partial charge in [0.05, 0.1) is 0 Å². The zero-order chi connectivity index (χ0) is 20.4. The Hall–Kier alpha value is -2.53. The van der Waals surface area contributed by atoms with Gasteiger partial charge in [0.1, 0.15) is 5.75 Å². The summed E-state index contributed by atoms with van der Waals surface area (Å²) in [7, 11) is 2.20. The highest BCUT2D eigenvalue weighted by atomic mass is 16.5. The van der Waals surface area contributed by atoms with E-state index in [-0.39, 0.29) is 12.5 Å². The Bertz CT molecular complexity index is 832. The molecule has 5 heteroatoms. The summed E-state index contributed by atoms with van der Waals surface area (Å²) in [6.45, 7) is 7.78. The maximum atomic E-state index is 12.2. The number of carbonyl (C=O) groups is 1. The van der Waals surface area contributed by atoms with Gasteiger partial charge >= 0.3 is 0 Å². The highest BCUT2D eigenvalue weighted by molar-refractivity contribution is 5.92. The fraction of sp³-hybridized carbons (Fsp3) is 0.458. The van der Waals surface area contributed by atoms with Crippen LogP contribution in [0.15, 0.2) is 48.5 Å². The molecule has 0 spiro atoms. The SMILES string of the molecule is CC(C)c1ccc(OCC(=O)Nc2ccc(N3CC[C@H]4CN(C)C[C@H]43)cc2)cc1. The lowest BCUT2D eigenvalue weighted by Gasteiger charge is -2.26. The lowest BCUT2D eigenvalue weighted by atomic mass is 10.0. The van der Waals surface area contributed by atoms with Crippen molar-refractivity contribution in [3.8, 4) is 5.75 Å². The molecule has 2 aliphatic heterocycles. The molecule has 2 aromatic carbocycles. The average Bonchev–Trinajstić information content (AvgIpc) is 3.26. The quantitative estimate of drug-likeness (QED) is 0.807. The molecule has 29 heavy (non-hydrogen) atoms. The van der Waals surface area contributed by atoms with Crippen molar-refractivity contribution in [3.63, 3.8) is 0 Å². The van der Waals surface area contributed by atoms with Crippen LogP contribution in [-0.2, 0) is 4.79 Å². The normalized spacial score (nSPS) is 21.4. The fourth-order valence-corrected chi connectivity index (χ4v) is 4.52. The maximum Gasteiger partial charge on any atom is 0.262 e. The van der Waals surface area contributed by atoms with E-state index in [2.05, 4.69) is 48.1 Å². The third-order valence-corrected chi connectivity index (χ3v) is 6.13. The van der Waals surface area contributed by atoms with Gasteiger partial charge in [0.15, 0.2) is 6.61 Å². The Morgan fingerprint density at radius 2 is 1.83 bits per heavy atom. The van der Waals surface area contributed by atoms with Crippen LogP contribution in [-0.4, -0.2) is 50.1 Å². The molecule has 0 saturated carbocycles. The van der Waals surface area contributed by atoms with Crippen LogP contribution in [0.3, 0.4) is 0 Å². The van der Waals surface area contributed by atoms with E-state index in [1.54, 1.807) is 0 Å². The van der Waals surface area contributed by atoms with Gasteiger partial charge in [0, 0.05) is 37.1 Å². The first-order valence-electron chi connectivity index (χ1n) is 10.6. The predicted molar refractivity (Wildman–Crippen MR) is 118 cm³/mol. The largest absolute Gasteiger partial charge is 0.484 e. The van der Waals surface area contributed by atoms with Crippen LogP contribution >= 0.6 is 0 Å². The third-order valence-electron chi connectivity index (χ3n) is 6.13. The molecule has 2 aromatic rings. The summed E-state index contributed by atoms with van der Waals surface area (Å²) in [6, 6.07) is 16.7. The van der Waals surface area contributed by atoms with Gasteiger partial charge in [0.25, 0.3) is 5.91 Å². The summed E-state index contributed by atoms with van der Waals surface area (Å²) in [5.41, 5.74) is 3.31. The van der Waals surface area contributed by atoms with Crippen LogP contribution in [0.1, 0.15) is 31.7 Å². The zero-order valence-corrected chi connectivity index (χ0v) is 17.6. The predicted octanol–water partition coefficient (Wildman–Crippen LogP) is 3.97. The minimum atomic E-state index is -0.149. The highest BCUT2D eigenvalue weighted by Gasteiger charge is 2.39. The molecule has 154 valence electrons. The van der Waals surface area contributed by atoms with Crippen LogP contribution in [0.25, 0.3) is 0 Å². The summed E-state index contributed by atoms with van der Waals surface area (Å²) in [5, 5.41) is 2.92. The topological polar surface area (TPSA) is 44.8 Å². The second-order valence-corrected chi connectivity index (χ2v) is 8.64. The number of rotatable bonds is 6. The van der Waals surface area contributed by atoms with Gasteiger partial charge < -0.3 is 19.9 Å². The lowest BCUT2D eigenvalue weighted by molar-refractivity contribution is -0.118. The molecule has 0 radical (unpaired) electrons. The van der Waals surface area contributed by atoms with Crippen LogP contribution in [0, 0.1) is 5.92 Å². The minimum absolute atomic E-state index is 0.00495. The fourth-order valence-electron chi connectivity index (χ4n) is 4.52. The first-order valence-corrected chi connectivity index (χ1v) is 10.6. The Morgan fingerprint density at radius 1 is 1.10 bits per heavy atom. The molecule has 2 atom stereocenters. The zero-order valence-electron chi connectivity index (χ0n) is 17.6. The van der Waals surface area contributed by atoms with Crippen molar-refractivity contribution >= 4 is 17.3 Å². The first-order chi connectivity index (χ1) is 14.0. The molecule has 2 fully saturated rings. The molecule has 1 N–H and O–H groups in total. The second kappa shape index (κ2) is 8.46. The Morgan fingerprint density at radius 3 is 2.52 bits per heavy atom. The molecule has 0 aliphatic carbocycles. The molecule has 2 saturated heterocycles. The van der Waals surface area contributed by atoms with Crippen molar-refractivity contribution < 1.29 is 9.53 Å². The van der Waals surface area contributed by atoms with E-state index in [0.717, 1.165) is 24.7 Å². The average molecular weight is 394 g/mol. The smallest absolute Gasteiger partial charge is 0.262 e. The first kappa shape index (κ1) is 19.8. The van der Waals surface area contributed by atoms with Gasteiger partial charge in [-0.15, -0.1) is 0 Å². The van der Waals surface area contributed by atoms with Crippen LogP contribution < -0.4 is 15.0 Å². The molecule has 2 heterocycles. The van der Waals surface area contributed by atoms with Gasteiger partial charge in [-0.05, 0) is 67.3 Å². The summed E-state index contributed by atoms with van der Waals surface area (Å²) >= 11 is 0. The number of anilines is 2. The van der Waals surface area contributed by atoms with Crippen LogP contribution in [0.4, 0.5) is 11.4 Å². The number of nitrogens with zero attached hydrogens (tertiary/aromatic N) is 2. The van der Waals surface area contributed by atoms with Crippen LogP contribution in [0.5, 0.6) is 5.75 Å². The molecular formula is C24H31N3O2. The van der Waals surface area contributed by atoms with Crippen molar-refractivity contribution in [2.75, 3.05) is 43.5 Å². The third kappa shape index (κ3) is 4.56. The minimum Gasteiger partial charge on any atom is -0.484 e. The highest BCUT2D eigenvalue weighted by Crippen LogP contribution is 2.34. The van der Waals surface area contributed by atoms with E-state index in [9.17, 15) is 4.79 Å². The summed E-state index contributed by atoms with van der Waals surface area (Å²) < 4.78 is 5.61. The number of hydrogen-bond donors (Lipinski definition) is 1. The van der Waals surface area contributed by atoms with Gasteiger partial charge in [-0.25, -0.2) is 0 Å². The number of likely N-dealkylation sites (N-methyl/N-ethyl adjacent to an activating group) is 1. The standard InChI is InChI=1S/C24H31N3O2/c1-17(2)18-4-10-22(11-5-18)29-16-24(28)25-20-6-8-21(9-7-20)27-13-12-19-14-26(3)15-23(19)27/h4-11,17,19,23H,12-16H2,1-3H3,(H,25,28)/t19-,23+/m0/s1. The van der Waals surface area contributed by atoms with E-state index < -0.39 is 0 Å². The molecular weight excluding hydrogens is 362 g/mol. The number of hydrogen-bond acceptors (Lipinski definition) is 4. The van der Waals surface area contributed by atoms with Gasteiger partial charge in [-0.1, -0.05) is 26.0 Å². The van der Waals surface area contributed by atoms with Gasteiger partial charge in [-0.2, -0.15) is 0 Å². The molecule has 5 nitrogen and oxygen atoms in total. The van der Waals surface area contributed by atoms with Crippen molar-refractivity contribution in [1.29, 1.82) is 0 Å². The molecule has 1 amide bonds. The van der Waals surface area contributed by atoms with E-state index in [1.807, 2.05) is 36.4 Å². The molecule has 2 aliphatic rings. The summed E-state index contributed by atoms with van der Waals surface area (Å²) in [6.07, 6.45) is 1.27. The second-order valence-electron chi connectivity index (χ2n) is 8.64. The molecule has 0 unspecified atom stereocenters. The van der Waals surface area contributed by atoms with Gasteiger partial charge in [-0.3, -0.25) is 4.79 Å². The number of nitrogens with one attached hydrogen (secondary N) is 1. The number of ether oxygens (including phenoxy) is 1. The maximum absolute atomic E-state index is 12.2.